The molecule has 0 saturated carbocycles. The third-order valence-electron chi connectivity index (χ3n) is 9.74. The van der Waals surface area contributed by atoms with Crippen molar-refractivity contribution < 1.29 is 19.1 Å². The Bertz CT molecular complexity index is 2280. The number of carbonyl (C=O) groups is 3. The van der Waals surface area contributed by atoms with Gasteiger partial charge < -0.3 is 29.7 Å². The molecule has 17 heteroatoms. The number of carbonyl (C=O) groups excluding carboxylic acids is 3. The maximum atomic E-state index is 12.8. The molecule has 0 bridgehead atoms. The summed E-state index contributed by atoms with van der Waals surface area (Å²) in [5, 5.41) is 14.7. The normalized spacial score (nSPS) is 16.6. The second-order valence-electron chi connectivity index (χ2n) is 13.0. The predicted molar refractivity (Wildman–Crippen MR) is 196 cm³/mol. The van der Waals surface area contributed by atoms with E-state index in [0.29, 0.717) is 45.8 Å². The minimum absolute atomic E-state index is 0.0676. The summed E-state index contributed by atoms with van der Waals surface area (Å²) in [6, 6.07) is 11.2. The number of aromatic nitrogens is 6. The van der Waals surface area contributed by atoms with E-state index in [1.54, 1.807) is 24.0 Å². The average molecular weight is 728 g/mol. The molecule has 52 heavy (non-hydrogen) atoms. The molecular formula is C35H38ClN11O5. The van der Waals surface area contributed by atoms with E-state index in [1.807, 2.05) is 44.4 Å². The molecule has 4 aromatic heterocycles. The van der Waals surface area contributed by atoms with Crippen LogP contribution in [-0.2, 0) is 28.5 Å². The Morgan fingerprint density at radius 3 is 2.62 bits per heavy atom. The van der Waals surface area contributed by atoms with Crippen LogP contribution in [0.25, 0.3) is 21.9 Å². The largest absolute Gasteiger partial charge is 0.478 e. The van der Waals surface area contributed by atoms with E-state index in [-0.39, 0.29) is 48.1 Å². The number of nitrogens with one attached hydrogen (secondary N) is 3. The second kappa shape index (κ2) is 14.1. The van der Waals surface area contributed by atoms with Gasteiger partial charge in [0.15, 0.2) is 23.8 Å². The standard InChI is InChI=1S/C35H38ClN11O5/c1-37-29(49)18-52-26-16-19-15-20(5-8-25(19)45(3)34(26)51)39-31-24(36)17-38-35(42-31)44(2)21-11-13-47(14-12-21)27-9-6-22-30(43-46(4)32(22)40-27)23-7-10-28(48)41-33(23)50/h5-6,8-9,15-17,21,23H,7,10-14,18H2,1-4H3,(H,37,49)(H,38,39,42)(H,41,48,50). The summed E-state index contributed by atoms with van der Waals surface area (Å²) in [7, 11) is 6.94. The van der Waals surface area contributed by atoms with Gasteiger partial charge in [0.2, 0.25) is 17.8 Å². The van der Waals surface area contributed by atoms with Crippen LogP contribution < -0.4 is 36.0 Å². The first-order chi connectivity index (χ1) is 25.0. The van der Waals surface area contributed by atoms with Crippen molar-refractivity contribution in [2.24, 2.45) is 14.1 Å². The fourth-order valence-electron chi connectivity index (χ4n) is 6.78. The van der Waals surface area contributed by atoms with Gasteiger partial charge in [0.05, 0.1) is 23.3 Å². The van der Waals surface area contributed by atoms with Crippen LogP contribution >= 0.6 is 11.6 Å². The lowest BCUT2D eigenvalue weighted by molar-refractivity contribution is -0.134. The van der Waals surface area contributed by atoms with Crippen LogP contribution in [0.1, 0.15) is 37.3 Å². The number of hydrogen-bond acceptors (Lipinski definition) is 12. The van der Waals surface area contributed by atoms with Crippen LogP contribution in [0, 0.1) is 0 Å². The van der Waals surface area contributed by atoms with Gasteiger partial charge >= 0.3 is 0 Å². The van der Waals surface area contributed by atoms with E-state index in [0.717, 1.165) is 42.5 Å². The fraction of sp³-hybridized carbons (Fsp3) is 0.371. The van der Waals surface area contributed by atoms with E-state index in [1.165, 1.54) is 11.6 Å². The Balaban J connectivity index is 1.03. The highest BCUT2D eigenvalue weighted by atomic mass is 35.5. The molecule has 7 rings (SSSR count). The van der Waals surface area contributed by atoms with Gasteiger partial charge in [-0.15, -0.1) is 0 Å². The molecule has 3 amide bonds. The van der Waals surface area contributed by atoms with Crippen LogP contribution in [0.3, 0.4) is 0 Å². The molecule has 3 N–H and O–H groups in total. The van der Waals surface area contributed by atoms with Gasteiger partial charge in [0.1, 0.15) is 10.8 Å². The molecule has 2 aliphatic rings. The highest BCUT2D eigenvalue weighted by Gasteiger charge is 2.32. The first kappa shape index (κ1) is 34.7. The first-order valence-electron chi connectivity index (χ1n) is 16.9. The molecule has 1 unspecified atom stereocenters. The number of anilines is 4. The van der Waals surface area contributed by atoms with Crippen molar-refractivity contribution in [1.29, 1.82) is 0 Å². The zero-order chi connectivity index (χ0) is 36.7. The molecule has 1 aromatic carbocycles. The van der Waals surface area contributed by atoms with Gasteiger partial charge in [-0.25, -0.2) is 9.97 Å². The van der Waals surface area contributed by atoms with E-state index >= 15 is 0 Å². The molecule has 2 aliphatic heterocycles. The Labute approximate surface area is 303 Å². The topological polar surface area (TPSA) is 181 Å². The van der Waals surface area contributed by atoms with Crippen molar-refractivity contribution in [3.05, 3.63) is 63.7 Å². The second-order valence-corrected chi connectivity index (χ2v) is 13.4. The highest BCUT2D eigenvalue weighted by Crippen LogP contribution is 2.32. The van der Waals surface area contributed by atoms with Crippen molar-refractivity contribution in [3.8, 4) is 5.75 Å². The zero-order valence-corrected chi connectivity index (χ0v) is 29.9. The number of halogens is 1. The van der Waals surface area contributed by atoms with Crippen molar-refractivity contribution in [1.82, 2.24) is 39.9 Å². The van der Waals surface area contributed by atoms with E-state index in [9.17, 15) is 19.2 Å². The lowest BCUT2D eigenvalue weighted by Crippen LogP contribution is -2.44. The van der Waals surface area contributed by atoms with Crippen LogP contribution in [0.2, 0.25) is 5.02 Å². The number of likely N-dealkylation sites (N-methyl/N-ethyl adjacent to an activating group) is 1. The third-order valence-corrected chi connectivity index (χ3v) is 10.0. The lowest BCUT2D eigenvalue weighted by Gasteiger charge is -2.37. The minimum Gasteiger partial charge on any atom is -0.478 e. The number of ether oxygens (including phenoxy) is 1. The van der Waals surface area contributed by atoms with Gasteiger partial charge in [0, 0.05) is 70.2 Å². The lowest BCUT2D eigenvalue weighted by atomic mass is 9.93. The Morgan fingerprint density at radius 1 is 1.08 bits per heavy atom. The van der Waals surface area contributed by atoms with E-state index < -0.39 is 5.92 Å². The molecule has 2 fully saturated rings. The summed E-state index contributed by atoms with van der Waals surface area (Å²) in [5.74, 6) is 0.462. The molecule has 0 spiro atoms. The number of piperidine rings is 2. The summed E-state index contributed by atoms with van der Waals surface area (Å²) in [4.78, 5) is 67.2. The third kappa shape index (κ3) is 6.68. The number of aryl methyl sites for hydroxylation is 2. The number of fused-ring (bicyclic) bond motifs is 2. The molecule has 0 aliphatic carbocycles. The van der Waals surface area contributed by atoms with Crippen LogP contribution in [0.4, 0.5) is 23.3 Å². The van der Waals surface area contributed by atoms with Crippen molar-refractivity contribution in [3.63, 3.8) is 0 Å². The minimum atomic E-state index is -0.481. The van der Waals surface area contributed by atoms with Gasteiger partial charge in [0.25, 0.3) is 11.5 Å². The molecule has 0 radical (unpaired) electrons. The monoisotopic (exact) mass is 727 g/mol. The zero-order valence-electron chi connectivity index (χ0n) is 29.1. The molecular weight excluding hydrogens is 690 g/mol. The summed E-state index contributed by atoms with van der Waals surface area (Å²) in [6.07, 6.45) is 3.97. The summed E-state index contributed by atoms with van der Waals surface area (Å²) < 4.78 is 8.66. The number of imide groups is 1. The van der Waals surface area contributed by atoms with Crippen LogP contribution in [0.15, 0.2) is 47.4 Å². The van der Waals surface area contributed by atoms with E-state index in [4.69, 9.17) is 26.3 Å². The predicted octanol–water partition coefficient (Wildman–Crippen LogP) is 2.76. The number of rotatable bonds is 9. The Hall–Kier alpha value is -5.77. The molecule has 1 atom stereocenters. The number of hydrogen-bond donors (Lipinski definition) is 3. The maximum Gasteiger partial charge on any atom is 0.293 e. The molecule has 5 aromatic rings. The van der Waals surface area contributed by atoms with Gasteiger partial charge in [-0.2, -0.15) is 10.1 Å². The number of nitrogens with zero attached hydrogens (tertiary/aromatic N) is 8. The number of pyridine rings is 2. The molecule has 6 heterocycles. The van der Waals surface area contributed by atoms with Crippen LogP contribution in [0.5, 0.6) is 5.75 Å². The Morgan fingerprint density at radius 2 is 1.87 bits per heavy atom. The molecule has 2 saturated heterocycles. The first-order valence-corrected chi connectivity index (χ1v) is 17.3. The highest BCUT2D eigenvalue weighted by molar-refractivity contribution is 6.33. The van der Waals surface area contributed by atoms with Crippen LogP contribution in [-0.4, -0.2) is 86.9 Å². The van der Waals surface area contributed by atoms with Gasteiger partial charge in [-0.05, 0) is 55.7 Å². The van der Waals surface area contributed by atoms with Gasteiger partial charge in [-0.3, -0.25) is 29.2 Å². The summed E-state index contributed by atoms with van der Waals surface area (Å²) in [6.45, 7) is 1.25. The SMILES string of the molecule is CNC(=O)COc1cc2cc(Nc3nc(N(C)C4CCN(c5ccc6c(C7CCC(=O)NC7=O)nn(C)c6n5)CC4)ncc3Cl)ccc2n(C)c1=O. The van der Waals surface area contributed by atoms with Crippen molar-refractivity contribution in [2.45, 2.75) is 37.6 Å². The summed E-state index contributed by atoms with van der Waals surface area (Å²) >= 11 is 6.55. The number of amides is 3. The quantitative estimate of drug-likeness (QED) is 0.189. The summed E-state index contributed by atoms with van der Waals surface area (Å²) in [5.41, 5.74) is 2.37. The average Bonchev–Trinajstić information content (AvgIpc) is 3.47. The number of benzene rings is 1. The van der Waals surface area contributed by atoms with Crippen molar-refractivity contribution in [2.75, 3.05) is 48.9 Å². The maximum absolute atomic E-state index is 12.8. The molecule has 270 valence electrons. The van der Waals surface area contributed by atoms with Crippen molar-refractivity contribution >= 4 is 74.5 Å². The van der Waals surface area contributed by atoms with E-state index in [2.05, 4.69) is 35.8 Å². The van der Waals surface area contributed by atoms with Gasteiger partial charge in [-0.1, -0.05) is 11.6 Å². The molecule has 16 nitrogen and oxygen atoms in total. The smallest absolute Gasteiger partial charge is 0.293 e. The fourth-order valence-corrected chi connectivity index (χ4v) is 6.92. The Kier molecular flexibility index (Phi) is 9.40.